The Morgan fingerprint density at radius 3 is 2.07 bits per heavy atom. The van der Waals surface area contributed by atoms with Gasteiger partial charge in [-0.05, 0) is 55.8 Å². The van der Waals surface area contributed by atoms with Gasteiger partial charge in [-0.2, -0.15) is 0 Å². The van der Waals surface area contributed by atoms with Crippen LogP contribution in [-0.2, 0) is 0 Å². The maximum Gasteiger partial charge on any atom is 0.335 e. The lowest BCUT2D eigenvalue weighted by molar-refractivity contribution is 0.0697. The highest BCUT2D eigenvalue weighted by Gasteiger charge is 2.13. The number of rotatable bonds is 8. The van der Waals surface area contributed by atoms with Gasteiger partial charge < -0.3 is 10.4 Å². The van der Waals surface area contributed by atoms with E-state index in [2.05, 4.69) is 73.8 Å². The van der Waals surface area contributed by atoms with Gasteiger partial charge in [-0.15, -0.1) is 11.8 Å². The summed E-state index contributed by atoms with van der Waals surface area (Å²) >= 11 is 1.98. The zero-order valence-corrected chi connectivity index (χ0v) is 17.9. The van der Waals surface area contributed by atoms with Crippen LogP contribution in [0.3, 0.4) is 0 Å². The first-order chi connectivity index (χ1) is 14.1. The Hall–Kier alpha value is -2.56. The Morgan fingerprint density at radius 2 is 1.52 bits per heavy atom. The second-order valence-electron chi connectivity index (χ2n) is 6.60. The van der Waals surface area contributed by atoms with Crippen molar-refractivity contribution in [1.82, 2.24) is 5.32 Å². The van der Waals surface area contributed by atoms with Crippen molar-refractivity contribution < 1.29 is 9.90 Å². The Kier molecular flexibility index (Phi) is 10.0. The fraction of sp³-hybridized carbons (Fsp3) is 0.240. The van der Waals surface area contributed by atoms with Crippen molar-refractivity contribution in [3.05, 3.63) is 102 Å². The first-order valence-electron chi connectivity index (χ1n) is 9.88. The first kappa shape index (κ1) is 22.7. The van der Waals surface area contributed by atoms with Gasteiger partial charge >= 0.3 is 5.97 Å². The van der Waals surface area contributed by atoms with Crippen molar-refractivity contribution in [2.24, 2.45) is 0 Å². The minimum Gasteiger partial charge on any atom is -0.478 e. The fourth-order valence-corrected chi connectivity index (χ4v) is 4.04. The van der Waals surface area contributed by atoms with Crippen LogP contribution in [0.15, 0.2) is 89.8 Å². The van der Waals surface area contributed by atoms with E-state index in [0.29, 0.717) is 10.8 Å². The molecule has 29 heavy (non-hydrogen) atoms. The van der Waals surface area contributed by atoms with Gasteiger partial charge in [-0.3, -0.25) is 0 Å². The van der Waals surface area contributed by atoms with E-state index in [1.54, 1.807) is 30.3 Å². The van der Waals surface area contributed by atoms with Crippen molar-refractivity contribution in [3.8, 4) is 0 Å². The summed E-state index contributed by atoms with van der Waals surface area (Å²) in [6, 6.07) is 27.8. The molecule has 0 bridgehead atoms. The molecular weight excluding hydrogens is 378 g/mol. The highest BCUT2D eigenvalue weighted by atomic mass is 32.2. The predicted molar refractivity (Wildman–Crippen MR) is 123 cm³/mol. The largest absolute Gasteiger partial charge is 0.478 e. The summed E-state index contributed by atoms with van der Waals surface area (Å²) in [7, 11) is 0. The van der Waals surface area contributed by atoms with Gasteiger partial charge in [0.05, 0.1) is 5.56 Å². The van der Waals surface area contributed by atoms with Crippen molar-refractivity contribution in [2.75, 3.05) is 13.1 Å². The quantitative estimate of drug-likeness (QED) is 0.344. The molecule has 3 aromatic carbocycles. The molecule has 152 valence electrons. The number of aromatic carboxylic acids is 1. The Morgan fingerprint density at radius 1 is 0.931 bits per heavy atom. The predicted octanol–water partition coefficient (Wildman–Crippen LogP) is 6.21. The third-order valence-electron chi connectivity index (χ3n) is 4.39. The molecule has 0 amide bonds. The molecule has 0 aliphatic carbocycles. The summed E-state index contributed by atoms with van der Waals surface area (Å²) in [5, 5.41) is 12.3. The third kappa shape index (κ3) is 8.14. The average Bonchev–Trinajstić information content (AvgIpc) is 2.76. The van der Waals surface area contributed by atoms with Gasteiger partial charge in [0, 0.05) is 10.1 Å². The van der Waals surface area contributed by atoms with Crippen LogP contribution in [0.2, 0.25) is 0 Å². The van der Waals surface area contributed by atoms with Crippen LogP contribution >= 0.6 is 11.8 Å². The number of carboxylic acid groups (broad SMARTS) is 1. The molecule has 1 unspecified atom stereocenters. The van der Waals surface area contributed by atoms with Crippen LogP contribution in [0.25, 0.3) is 0 Å². The molecule has 3 aromatic rings. The number of aryl methyl sites for hydroxylation is 1. The molecule has 0 aromatic heterocycles. The molecule has 0 saturated heterocycles. The van der Waals surface area contributed by atoms with E-state index in [1.165, 1.54) is 16.0 Å². The first-order valence-corrected chi connectivity index (χ1v) is 10.8. The second kappa shape index (κ2) is 12.8. The molecule has 0 heterocycles. The maximum atomic E-state index is 10.2. The van der Waals surface area contributed by atoms with E-state index in [0.717, 1.165) is 19.5 Å². The normalized spacial score (nSPS) is 11.2. The monoisotopic (exact) mass is 407 g/mol. The van der Waals surface area contributed by atoms with Gasteiger partial charge in [-0.1, -0.05) is 73.7 Å². The van der Waals surface area contributed by atoms with Crippen molar-refractivity contribution in [3.63, 3.8) is 0 Å². The highest BCUT2D eigenvalue weighted by Crippen LogP contribution is 2.38. The SMILES string of the molecule is CCNCCC(Sc1ccccc1C)c1ccccc1.O=C(O)c1ccccc1. The van der Waals surface area contributed by atoms with Crippen molar-refractivity contribution >= 4 is 17.7 Å². The lowest BCUT2D eigenvalue weighted by Crippen LogP contribution is -2.16. The zero-order valence-electron chi connectivity index (χ0n) is 17.0. The summed E-state index contributed by atoms with van der Waals surface area (Å²) in [5.41, 5.74) is 3.11. The number of carbonyl (C=O) groups is 1. The van der Waals surface area contributed by atoms with Crippen LogP contribution in [0, 0.1) is 6.92 Å². The number of hydrogen-bond acceptors (Lipinski definition) is 3. The number of nitrogens with one attached hydrogen (secondary N) is 1. The Balaban J connectivity index is 0.000000278. The molecule has 0 aliphatic heterocycles. The third-order valence-corrected chi connectivity index (χ3v) is 5.89. The summed E-state index contributed by atoms with van der Waals surface area (Å²) in [5.74, 6) is -0.879. The van der Waals surface area contributed by atoms with Gasteiger partial charge in [0.15, 0.2) is 0 Å². The van der Waals surface area contributed by atoms with Crippen LogP contribution in [0.4, 0.5) is 0 Å². The Bertz CT molecular complexity index is 853. The van der Waals surface area contributed by atoms with Gasteiger partial charge in [0.2, 0.25) is 0 Å². The standard InChI is InChI=1S/C18H23NS.C7H6O2/c1-3-19-14-13-18(16-10-5-4-6-11-16)20-17-12-8-7-9-15(17)2;8-7(9)6-4-2-1-3-5-6/h4-12,18-19H,3,13-14H2,1-2H3;1-5H,(H,8,9). The highest BCUT2D eigenvalue weighted by molar-refractivity contribution is 7.99. The molecule has 0 aliphatic rings. The summed E-state index contributed by atoms with van der Waals surface area (Å²) in [6.07, 6.45) is 1.15. The van der Waals surface area contributed by atoms with E-state index in [-0.39, 0.29) is 0 Å². The van der Waals surface area contributed by atoms with E-state index in [4.69, 9.17) is 5.11 Å². The minimum atomic E-state index is -0.879. The van der Waals surface area contributed by atoms with Crippen molar-refractivity contribution in [2.45, 2.75) is 30.4 Å². The molecule has 2 N–H and O–H groups in total. The van der Waals surface area contributed by atoms with Crippen LogP contribution in [-0.4, -0.2) is 24.2 Å². The summed E-state index contributed by atoms with van der Waals surface area (Å²) in [4.78, 5) is 11.6. The van der Waals surface area contributed by atoms with Crippen molar-refractivity contribution in [1.29, 1.82) is 0 Å². The average molecular weight is 408 g/mol. The minimum absolute atomic E-state index is 0.331. The van der Waals surface area contributed by atoms with Crippen LogP contribution in [0.5, 0.6) is 0 Å². The van der Waals surface area contributed by atoms with Gasteiger partial charge in [-0.25, -0.2) is 4.79 Å². The molecule has 1 atom stereocenters. The smallest absolute Gasteiger partial charge is 0.335 e. The Labute approximate surface area is 178 Å². The summed E-state index contributed by atoms with van der Waals surface area (Å²) < 4.78 is 0. The molecule has 4 heteroatoms. The fourth-order valence-electron chi connectivity index (χ4n) is 2.79. The lowest BCUT2D eigenvalue weighted by atomic mass is 10.1. The molecule has 0 saturated carbocycles. The zero-order chi connectivity index (χ0) is 20.9. The summed E-state index contributed by atoms with van der Waals surface area (Å²) in [6.45, 7) is 6.45. The number of carboxylic acids is 1. The van der Waals surface area contributed by atoms with E-state index < -0.39 is 5.97 Å². The topological polar surface area (TPSA) is 49.3 Å². The molecular formula is C25H29NO2S. The van der Waals surface area contributed by atoms with E-state index >= 15 is 0 Å². The molecule has 0 spiro atoms. The van der Waals surface area contributed by atoms with Gasteiger partial charge in [0.25, 0.3) is 0 Å². The number of hydrogen-bond donors (Lipinski definition) is 2. The number of thioether (sulfide) groups is 1. The van der Waals surface area contributed by atoms with E-state index in [1.807, 2.05) is 11.8 Å². The van der Waals surface area contributed by atoms with Gasteiger partial charge in [0.1, 0.15) is 0 Å². The van der Waals surface area contributed by atoms with E-state index in [9.17, 15) is 4.79 Å². The molecule has 0 fully saturated rings. The number of benzene rings is 3. The second-order valence-corrected chi connectivity index (χ2v) is 7.84. The molecule has 3 nitrogen and oxygen atoms in total. The molecule has 3 rings (SSSR count). The lowest BCUT2D eigenvalue weighted by Gasteiger charge is -2.18. The maximum absolute atomic E-state index is 10.2. The van der Waals surface area contributed by atoms with Crippen LogP contribution in [0.1, 0.15) is 40.1 Å². The van der Waals surface area contributed by atoms with Crippen LogP contribution < -0.4 is 5.32 Å². The molecule has 0 radical (unpaired) electrons.